The summed E-state index contributed by atoms with van der Waals surface area (Å²) in [4.78, 5) is 18.0. The number of aliphatic hydroxyl groups excluding tert-OH is 1. The SMILES string of the molecule is COC(=O)C1CC(O)CN1Cc1ccc2ncccc2c1. The van der Waals surface area contributed by atoms with Crippen LogP contribution in [-0.4, -0.2) is 46.8 Å². The van der Waals surface area contributed by atoms with Crippen LogP contribution < -0.4 is 0 Å². The molecule has 1 N–H and O–H groups in total. The lowest BCUT2D eigenvalue weighted by Crippen LogP contribution is -2.36. The summed E-state index contributed by atoms with van der Waals surface area (Å²) in [6.07, 6.45) is 1.73. The quantitative estimate of drug-likeness (QED) is 0.863. The van der Waals surface area contributed by atoms with Crippen LogP contribution in [0.3, 0.4) is 0 Å². The molecule has 2 atom stereocenters. The molecule has 0 spiro atoms. The summed E-state index contributed by atoms with van der Waals surface area (Å²) in [5, 5.41) is 10.9. The molecular formula is C16H18N2O3. The van der Waals surface area contributed by atoms with Gasteiger partial charge in [-0.3, -0.25) is 14.7 Å². The Morgan fingerprint density at radius 2 is 2.33 bits per heavy atom. The van der Waals surface area contributed by atoms with E-state index in [2.05, 4.69) is 11.1 Å². The highest BCUT2D eigenvalue weighted by atomic mass is 16.5. The Balaban J connectivity index is 1.81. The highest BCUT2D eigenvalue weighted by molar-refractivity contribution is 5.79. The van der Waals surface area contributed by atoms with Crippen LogP contribution >= 0.6 is 0 Å². The molecule has 1 saturated heterocycles. The first-order chi connectivity index (χ1) is 10.2. The second-order valence-electron chi connectivity index (χ2n) is 5.39. The van der Waals surface area contributed by atoms with E-state index in [-0.39, 0.29) is 12.0 Å². The van der Waals surface area contributed by atoms with Gasteiger partial charge in [-0.15, -0.1) is 0 Å². The van der Waals surface area contributed by atoms with Crippen molar-refractivity contribution < 1.29 is 14.6 Å². The zero-order valence-electron chi connectivity index (χ0n) is 11.9. The summed E-state index contributed by atoms with van der Waals surface area (Å²) in [7, 11) is 1.38. The number of benzene rings is 1. The van der Waals surface area contributed by atoms with Gasteiger partial charge in [-0.25, -0.2) is 0 Å². The summed E-state index contributed by atoms with van der Waals surface area (Å²) < 4.78 is 4.82. The molecule has 21 heavy (non-hydrogen) atoms. The van der Waals surface area contributed by atoms with E-state index in [0.29, 0.717) is 19.5 Å². The third kappa shape index (κ3) is 2.89. The number of ether oxygens (including phenoxy) is 1. The molecule has 110 valence electrons. The van der Waals surface area contributed by atoms with Crippen molar-refractivity contribution >= 4 is 16.9 Å². The predicted molar refractivity (Wildman–Crippen MR) is 78.6 cm³/mol. The van der Waals surface area contributed by atoms with Gasteiger partial charge in [0, 0.05) is 31.1 Å². The maximum atomic E-state index is 11.8. The first kappa shape index (κ1) is 14.0. The maximum Gasteiger partial charge on any atom is 0.323 e. The Morgan fingerprint density at radius 3 is 3.14 bits per heavy atom. The van der Waals surface area contributed by atoms with Crippen LogP contribution in [0.1, 0.15) is 12.0 Å². The van der Waals surface area contributed by atoms with Crippen LogP contribution in [-0.2, 0) is 16.1 Å². The number of hydrogen-bond acceptors (Lipinski definition) is 5. The lowest BCUT2D eigenvalue weighted by atomic mass is 10.1. The van der Waals surface area contributed by atoms with Crippen molar-refractivity contribution in [3.05, 3.63) is 42.1 Å². The second kappa shape index (κ2) is 5.79. The number of rotatable bonds is 3. The largest absolute Gasteiger partial charge is 0.468 e. The molecule has 1 aliphatic heterocycles. The van der Waals surface area contributed by atoms with Gasteiger partial charge in [0.1, 0.15) is 6.04 Å². The van der Waals surface area contributed by atoms with Crippen LogP contribution in [0.15, 0.2) is 36.5 Å². The zero-order chi connectivity index (χ0) is 14.8. The van der Waals surface area contributed by atoms with Crippen molar-refractivity contribution in [2.75, 3.05) is 13.7 Å². The van der Waals surface area contributed by atoms with Crippen LogP contribution in [0, 0.1) is 0 Å². The average Bonchev–Trinajstić information content (AvgIpc) is 2.87. The summed E-state index contributed by atoms with van der Waals surface area (Å²) in [6, 6.07) is 9.61. The Bertz CT molecular complexity index is 659. The first-order valence-corrected chi connectivity index (χ1v) is 7.01. The normalized spacial score (nSPS) is 22.6. The number of carbonyl (C=O) groups excluding carboxylic acids is 1. The molecule has 0 amide bonds. The topological polar surface area (TPSA) is 62.7 Å². The van der Waals surface area contributed by atoms with Gasteiger partial charge in [-0.1, -0.05) is 12.1 Å². The van der Waals surface area contributed by atoms with E-state index in [4.69, 9.17) is 4.74 Å². The predicted octanol–water partition coefficient (Wildman–Crippen LogP) is 1.34. The second-order valence-corrected chi connectivity index (χ2v) is 5.39. The molecular weight excluding hydrogens is 268 g/mol. The molecule has 0 bridgehead atoms. The molecule has 2 unspecified atom stereocenters. The van der Waals surface area contributed by atoms with Crippen molar-refractivity contribution in [2.45, 2.75) is 25.1 Å². The van der Waals surface area contributed by atoms with Gasteiger partial charge < -0.3 is 9.84 Å². The minimum atomic E-state index is -0.476. The van der Waals surface area contributed by atoms with E-state index in [1.165, 1.54) is 7.11 Å². The number of methoxy groups -OCH3 is 1. The molecule has 0 radical (unpaired) electrons. The number of aromatic nitrogens is 1. The third-order valence-corrected chi connectivity index (χ3v) is 3.91. The number of hydrogen-bond donors (Lipinski definition) is 1. The summed E-state index contributed by atoms with van der Waals surface area (Å²) in [5.41, 5.74) is 2.05. The fourth-order valence-electron chi connectivity index (χ4n) is 2.89. The van der Waals surface area contributed by atoms with E-state index in [0.717, 1.165) is 16.5 Å². The molecule has 2 aromatic rings. The average molecular weight is 286 g/mol. The maximum absolute atomic E-state index is 11.8. The Kier molecular flexibility index (Phi) is 3.86. The van der Waals surface area contributed by atoms with Crippen molar-refractivity contribution in [2.24, 2.45) is 0 Å². The number of carbonyl (C=O) groups is 1. The van der Waals surface area contributed by atoms with E-state index in [9.17, 15) is 9.90 Å². The Morgan fingerprint density at radius 1 is 1.48 bits per heavy atom. The molecule has 2 heterocycles. The summed E-state index contributed by atoms with van der Waals surface area (Å²) >= 11 is 0. The monoisotopic (exact) mass is 286 g/mol. The van der Waals surface area contributed by atoms with Gasteiger partial charge >= 0.3 is 5.97 Å². The van der Waals surface area contributed by atoms with Crippen LogP contribution in [0.5, 0.6) is 0 Å². The molecule has 0 aliphatic carbocycles. The van der Waals surface area contributed by atoms with Crippen molar-refractivity contribution in [3.8, 4) is 0 Å². The number of nitrogens with zero attached hydrogens (tertiary/aromatic N) is 2. The van der Waals surface area contributed by atoms with Gasteiger partial charge in [-0.2, -0.15) is 0 Å². The molecule has 5 nitrogen and oxygen atoms in total. The smallest absolute Gasteiger partial charge is 0.323 e. The number of esters is 1. The molecule has 1 aromatic heterocycles. The molecule has 1 aromatic carbocycles. The minimum absolute atomic E-state index is 0.283. The van der Waals surface area contributed by atoms with E-state index >= 15 is 0 Å². The van der Waals surface area contributed by atoms with E-state index < -0.39 is 6.10 Å². The van der Waals surface area contributed by atoms with Crippen molar-refractivity contribution in [1.29, 1.82) is 0 Å². The van der Waals surface area contributed by atoms with Crippen molar-refractivity contribution in [1.82, 2.24) is 9.88 Å². The molecule has 1 aliphatic rings. The van der Waals surface area contributed by atoms with Gasteiger partial charge in [-0.05, 0) is 23.8 Å². The highest BCUT2D eigenvalue weighted by Gasteiger charge is 2.36. The number of pyridine rings is 1. The highest BCUT2D eigenvalue weighted by Crippen LogP contribution is 2.23. The molecule has 3 rings (SSSR count). The summed E-state index contributed by atoms with van der Waals surface area (Å²) in [5.74, 6) is -0.283. The van der Waals surface area contributed by atoms with Gasteiger partial charge in [0.15, 0.2) is 0 Å². The van der Waals surface area contributed by atoms with Crippen molar-refractivity contribution in [3.63, 3.8) is 0 Å². The minimum Gasteiger partial charge on any atom is -0.468 e. The van der Waals surface area contributed by atoms with E-state index in [1.54, 1.807) is 6.20 Å². The van der Waals surface area contributed by atoms with Gasteiger partial charge in [0.05, 0.1) is 18.7 Å². The molecule has 1 fully saturated rings. The lowest BCUT2D eigenvalue weighted by Gasteiger charge is -2.22. The molecule has 0 saturated carbocycles. The number of β-amino-alcohol motifs (C(OH)–C–C–N with tert-alkyl or cyclic N) is 1. The van der Waals surface area contributed by atoms with Crippen LogP contribution in [0.2, 0.25) is 0 Å². The van der Waals surface area contributed by atoms with E-state index in [1.807, 2.05) is 29.2 Å². The number of likely N-dealkylation sites (tertiary alicyclic amines) is 1. The van der Waals surface area contributed by atoms with Gasteiger partial charge in [0.25, 0.3) is 0 Å². The first-order valence-electron chi connectivity index (χ1n) is 7.01. The fraction of sp³-hybridized carbons (Fsp3) is 0.375. The van der Waals surface area contributed by atoms with Gasteiger partial charge in [0.2, 0.25) is 0 Å². The lowest BCUT2D eigenvalue weighted by molar-refractivity contribution is -0.146. The van der Waals surface area contributed by atoms with Crippen LogP contribution in [0.4, 0.5) is 0 Å². The standard InChI is InChI=1S/C16H18N2O3/c1-21-16(20)15-8-13(19)10-18(15)9-11-4-5-14-12(7-11)3-2-6-17-14/h2-7,13,15,19H,8-10H2,1H3. The molecule has 5 heteroatoms. The Hall–Kier alpha value is -1.98. The fourth-order valence-corrected chi connectivity index (χ4v) is 2.89. The Labute approximate surface area is 123 Å². The number of aliphatic hydroxyl groups is 1. The summed E-state index contributed by atoms with van der Waals surface area (Å²) in [6.45, 7) is 1.10. The zero-order valence-corrected chi connectivity index (χ0v) is 11.9. The third-order valence-electron chi connectivity index (χ3n) is 3.91. The van der Waals surface area contributed by atoms with Crippen LogP contribution in [0.25, 0.3) is 10.9 Å². The number of fused-ring (bicyclic) bond motifs is 1.